The predicted octanol–water partition coefficient (Wildman–Crippen LogP) is 3.81. The van der Waals surface area contributed by atoms with E-state index in [4.69, 9.17) is 0 Å². The second kappa shape index (κ2) is 6.92. The van der Waals surface area contributed by atoms with Crippen LogP contribution in [0.15, 0.2) is 54.7 Å². The molecule has 0 atom stereocenters. The van der Waals surface area contributed by atoms with Crippen molar-refractivity contribution in [1.29, 1.82) is 0 Å². The minimum Gasteiger partial charge on any atom is -0.505 e. The second-order valence-electron chi connectivity index (χ2n) is 5.21. The third-order valence-electron chi connectivity index (χ3n) is 3.53. The number of aromatic nitrogens is 1. The number of aromatic hydroxyl groups is 1. The van der Waals surface area contributed by atoms with Crippen molar-refractivity contribution in [2.75, 3.05) is 0 Å². The summed E-state index contributed by atoms with van der Waals surface area (Å²) in [5.41, 5.74) is 2.83. The highest BCUT2D eigenvalue weighted by Crippen LogP contribution is 2.26. The van der Waals surface area contributed by atoms with Crippen molar-refractivity contribution in [3.05, 3.63) is 71.4 Å². The lowest BCUT2D eigenvalue weighted by Gasteiger charge is -2.09. The van der Waals surface area contributed by atoms with Crippen LogP contribution >= 0.6 is 0 Å². The van der Waals surface area contributed by atoms with E-state index in [1.54, 1.807) is 24.4 Å². The summed E-state index contributed by atoms with van der Waals surface area (Å²) in [4.78, 5) is 16.4. The topological polar surface area (TPSA) is 62.2 Å². The van der Waals surface area contributed by atoms with Crippen LogP contribution in [0.3, 0.4) is 0 Å². The molecule has 4 heteroatoms. The molecular formula is C19H20N2O2. The number of nitrogens with zero attached hydrogens (tertiary/aromatic N) is 1. The Bertz CT molecular complexity index is 844. The Labute approximate surface area is 135 Å². The number of phenols is 1. The highest BCUT2D eigenvalue weighted by atomic mass is 16.3. The van der Waals surface area contributed by atoms with Crippen LogP contribution in [0.4, 0.5) is 0 Å². The molecule has 0 fully saturated rings. The first-order chi connectivity index (χ1) is 10.6. The number of carbonyl (C=O) groups is 1. The molecule has 0 unspecified atom stereocenters. The molecule has 0 spiro atoms. The van der Waals surface area contributed by atoms with Crippen molar-refractivity contribution in [3.8, 4) is 5.75 Å². The summed E-state index contributed by atoms with van der Waals surface area (Å²) in [6.45, 7) is 2.42. The van der Waals surface area contributed by atoms with E-state index in [1.165, 1.54) is 0 Å². The minimum absolute atomic E-state index is 0. The first-order valence-electron chi connectivity index (χ1n) is 7.05. The molecule has 1 amide bonds. The molecule has 118 valence electrons. The van der Waals surface area contributed by atoms with Crippen molar-refractivity contribution in [3.63, 3.8) is 0 Å². The van der Waals surface area contributed by atoms with Gasteiger partial charge in [-0.2, -0.15) is 0 Å². The van der Waals surface area contributed by atoms with Crippen LogP contribution < -0.4 is 5.32 Å². The Morgan fingerprint density at radius 3 is 2.78 bits per heavy atom. The summed E-state index contributed by atoms with van der Waals surface area (Å²) in [7, 11) is 0. The van der Waals surface area contributed by atoms with Crippen LogP contribution in [0.2, 0.25) is 0 Å². The van der Waals surface area contributed by atoms with E-state index >= 15 is 0 Å². The number of hydrogen-bond acceptors (Lipinski definition) is 3. The molecule has 0 aliphatic carbocycles. The number of pyridine rings is 1. The predicted molar refractivity (Wildman–Crippen MR) is 92.5 cm³/mol. The highest BCUT2D eigenvalue weighted by Gasteiger charge is 2.14. The molecule has 1 aromatic heterocycles. The van der Waals surface area contributed by atoms with E-state index in [0.717, 1.165) is 16.5 Å². The van der Waals surface area contributed by atoms with E-state index in [-0.39, 0.29) is 24.6 Å². The number of aryl methyl sites for hydroxylation is 1. The molecule has 2 N–H and O–H groups in total. The number of fused-ring (bicyclic) bond motifs is 1. The van der Waals surface area contributed by atoms with Gasteiger partial charge < -0.3 is 10.4 Å². The highest BCUT2D eigenvalue weighted by molar-refractivity contribution is 6.02. The molecular weight excluding hydrogens is 288 g/mol. The number of rotatable bonds is 3. The minimum atomic E-state index is -0.313. The van der Waals surface area contributed by atoms with Crippen molar-refractivity contribution >= 4 is 16.8 Å². The van der Waals surface area contributed by atoms with Crippen LogP contribution in [0.1, 0.15) is 28.9 Å². The molecule has 0 saturated carbocycles. The number of carbonyl (C=O) groups excluding carboxylic acids is 1. The summed E-state index contributed by atoms with van der Waals surface area (Å²) in [6, 6.07) is 15.0. The SMILES string of the molecule is C.Cc1cccc(CNC(=O)c2ccc3cccnc3c2O)c1. The van der Waals surface area contributed by atoms with Gasteiger partial charge in [-0.15, -0.1) is 0 Å². The zero-order chi connectivity index (χ0) is 15.5. The van der Waals surface area contributed by atoms with Crippen molar-refractivity contribution in [1.82, 2.24) is 10.3 Å². The van der Waals surface area contributed by atoms with Gasteiger partial charge in [0.05, 0.1) is 5.56 Å². The molecule has 3 rings (SSSR count). The van der Waals surface area contributed by atoms with Crippen LogP contribution in [0.5, 0.6) is 5.75 Å². The molecule has 0 bridgehead atoms. The quantitative estimate of drug-likeness (QED) is 0.773. The molecule has 2 aromatic carbocycles. The maximum Gasteiger partial charge on any atom is 0.255 e. The van der Waals surface area contributed by atoms with Gasteiger partial charge in [-0.25, -0.2) is 0 Å². The van der Waals surface area contributed by atoms with Gasteiger partial charge in [0.2, 0.25) is 0 Å². The van der Waals surface area contributed by atoms with E-state index in [1.807, 2.05) is 37.3 Å². The molecule has 0 aliphatic rings. The zero-order valence-corrected chi connectivity index (χ0v) is 12.2. The number of benzene rings is 2. The van der Waals surface area contributed by atoms with Crippen molar-refractivity contribution < 1.29 is 9.90 Å². The monoisotopic (exact) mass is 308 g/mol. The smallest absolute Gasteiger partial charge is 0.255 e. The van der Waals surface area contributed by atoms with Gasteiger partial charge in [-0.1, -0.05) is 49.4 Å². The Kier molecular flexibility index (Phi) is 4.96. The molecule has 0 saturated heterocycles. The lowest BCUT2D eigenvalue weighted by atomic mass is 10.1. The number of hydrogen-bond donors (Lipinski definition) is 2. The average molecular weight is 308 g/mol. The summed E-state index contributed by atoms with van der Waals surface area (Å²) >= 11 is 0. The third-order valence-corrected chi connectivity index (χ3v) is 3.53. The fourth-order valence-corrected chi connectivity index (χ4v) is 2.41. The van der Waals surface area contributed by atoms with Crippen molar-refractivity contribution in [2.45, 2.75) is 20.9 Å². The number of nitrogens with one attached hydrogen (secondary N) is 1. The standard InChI is InChI=1S/C18H16N2O2.CH4/c1-12-4-2-5-13(10-12)11-20-18(22)15-8-7-14-6-3-9-19-16(14)17(15)21;/h2-10,21H,11H2,1H3,(H,20,22);1H4. The fraction of sp³-hybridized carbons (Fsp3) is 0.158. The van der Waals surface area contributed by atoms with Gasteiger partial charge in [-0.3, -0.25) is 9.78 Å². The van der Waals surface area contributed by atoms with Crippen LogP contribution in [0, 0.1) is 6.92 Å². The van der Waals surface area contributed by atoms with E-state index in [9.17, 15) is 9.90 Å². The van der Waals surface area contributed by atoms with Gasteiger partial charge in [0, 0.05) is 18.1 Å². The molecule has 4 nitrogen and oxygen atoms in total. The van der Waals surface area contributed by atoms with Crippen LogP contribution in [0.25, 0.3) is 10.9 Å². The van der Waals surface area contributed by atoms with Gasteiger partial charge in [-0.05, 0) is 24.6 Å². The molecule has 0 aliphatic heterocycles. The summed E-state index contributed by atoms with van der Waals surface area (Å²) in [5.74, 6) is -0.397. The van der Waals surface area contributed by atoms with Gasteiger partial charge >= 0.3 is 0 Å². The Morgan fingerprint density at radius 1 is 1.17 bits per heavy atom. The molecule has 3 aromatic rings. The Hall–Kier alpha value is -2.88. The largest absolute Gasteiger partial charge is 0.505 e. The van der Waals surface area contributed by atoms with Gasteiger partial charge in [0.15, 0.2) is 5.75 Å². The molecule has 23 heavy (non-hydrogen) atoms. The number of amides is 1. The first kappa shape index (κ1) is 16.5. The third kappa shape index (κ3) is 3.48. The Balaban J connectivity index is 0.00000192. The normalized spacial score (nSPS) is 10.1. The Morgan fingerprint density at radius 2 is 2.00 bits per heavy atom. The molecule has 1 heterocycles. The van der Waals surface area contributed by atoms with E-state index in [2.05, 4.69) is 10.3 Å². The summed E-state index contributed by atoms with van der Waals surface area (Å²) < 4.78 is 0. The fourth-order valence-electron chi connectivity index (χ4n) is 2.41. The second-order valence-corrected chi connectivity index (χ2v) is 5.21. The van der Waals surface area contributed by atoms with E-state index in [0.29, 0.717) is 12.1 Å². The lowest BCUT2D eigenvalue weighted by molar-refractivity contribution is 0.0948. The average Bonchev–Trinajstić information content (AvgIpc) is 2.53. The van der Waals surface area contributed by atoms with Gasteiger partial charge in [0.1, 0.15) is 5.52 Å². The molecule has 0 radical (unpaired) electrons. The number of phenolic OH excluding ortho intramolecular Hbond substituents is 1. The summed E-state index contributed by atoms with van der Waals surface area (Å²) in [6.07, 6.45) is 1.59. The zero-order valence-electron chi connectivity index (χ0n) is 12.2. The maximum absolute atomic E-state index is 12.3. The van der Waals surface area contributed by atoms with Crippen LogP contribution in [-0.2, 0) is 6.54 Å². The van der Waals surface area contributed by atoms with Crippen LogP contribution in [-0.4, -0.2) is 16.0 Å². The first-order valence-corrected chi connectivity index (χ1v) is 7.05. The van der Waals surface area contributed by atoms with E-state index < -0.39 is 0 Å². The summed E-state index contributed by atoms with van der Waals surface area (Å²) in [5, 5.41) is 13.9. The maximum atomic E-state index is 12.3. The van der Waals surface area contributed by atoms with Crippen molar-refractivity contribution in [2.24, 2.45) is 0 Å². The van der Waals surface area contributed by atoms with Gasteiger partial charge in [0.25, 0.3) is 5.91 Å². The lowest BCUT2D eigenvalue weighted by Crippen LogP contribution is -2.23.